The molecule has 2 aromatic carbocycles. The summed E-state index contributed by atoms with van der Waals surface area (Å²) in [6.45, 7) is 1.52. The summed E-state index contributed by atoms with van der Waals surface area (Å²) in [5.41, 5.74) is 1.65. The van der Waals surface area contributed by atoms with E-state index in [9.17, 15) is 9.59 Å². The number of carbonyl (C=O) groups is 2. The van der Waals surface area contributed by atoms with E-state index in [4.69, 9.17) is 14.2 Å². The number of nitrogens with zero attached hydrogens (tertiary/aromatic N) is 2. The lowest BCUT2D eigenvalue weighted by Gasteiger charge is -2.37. The molecule has 0 saturated carbocycles. The molecule has 2 amide bonds. The van der Waals surface area contributed by atoms with E-state index >= 15 is 0 Å². The van der Waals surface area contributed by atoms with Crippen LogP contribution in [0.1, 0.15) is 26.8 Å². The SMILES string of the molecule is COCCN(CC(=O)N1CCc2sccc2C1COc1ccccc1OC)C(=O)c1ccccc1. The molecule has 0 spiro atoms. The van der Waals surface area contributed by atoms with E-state index in [1.807, 2.05) is 47.4 Å². The van der Waals surface area contributed by atoms with Gasteiger partial charge < -0.3 is 24.0 Å². The second kappa shape index (κ2) is 11.9. The van der Waals surface area contributed by atoms with Crippen molar-refractivity contribution in [1.82, 2.24) is 9.80 Å². The van der Waals surface area contributed by atoms with Crippen molar-refractivity contribution < 1.29 is 23.8 Å². The van der Waals surface area contributed by atoms with Crippen LogP contribution in [0.2, 0.25) is 0 Å². The van der Waals surface area contributed by atoms with Crippen LogP contribution in [0.4, 0.5) is 0 Å². The summed E-state index contributed by atoms with van der Waals surface area (Å²) in [7, 11) is 3.19. The molecular formula is C27H30N2O5S. The van der Waals surface area contributed by atoms with E-state index in [1.165, 1.54) is 4.88 Å². The summed E-state index contributed by atoms with van der Waals surface area (Å²) in [6, 6.07) is 18.3. The third-order valence-corrected chi connectivity index (χ3v) is 7.08. The molecule has 35 heavy (non-hydrogen) atoms. The Morgan fingerprint density at radius 2 is 1.77 bits per heavy atom. The molecule has 8 heteroatoms. The van der Waals surface area contributed by atoms with Crippen molar-refractivity contribution in [3.8, 4) is 11.5 Å². The molecule has 7 nitrogen and oxygen atoms in total. The van der Waals surface area contributed by atoms with E-state index in [-0.39, 0.29) is 24.4 Å². The van der Waals surface area contributed by atoms with Crippen LogP contribution in [-0.2, 0) is 16.0 Å². The van der Waals surface area contributed by atoms with Crippen LogP contribution in [-0.4, -0.2) is 68.7 Å². The first-order valence-electron chi connectivity index (χ1n) is 11.6. The zero-order valence-electron chi connectivity index (χ0n) is 20.0. The summed E-state index contributed by atoms with van der Waals surface area (Å²) in [4.78, 5) is 31.4. The van der Waals surface area contributed by atoms with Gasteiger partial charge in [-0.3, -0.25) is 9.59 Å². The molecule has 1 unspecified atom stereocenters. The fourth-order valence-electron chi connectivity index (χ4n) is 4.25. The molecule has 1 aliphatic heterocycles. The predicted molar refractivity (Wildman–Crippen MR) is 135 cm³/mol. The summed E-state index contributed by atoms with van der Waals surface area (Å²) in [5, 5.41) is 2.05. The highest BCUT2D eigenvalue weighted by Crippen LogP contribution is 2.35. The number of ether oxygens (including phenoxy) is 3. The summed E-state index contributed by atoms with van der Waals surface area (Å²) in [6.07, 6.45) is 0.786. The lowest BCUT2D eigenvalue weighted by Crippen LogP contribution is -2.48. The Labute approximate surface area is 209 Å². The van der Waals surface area contributed by atoms with Crippen LogP contribution in [0, 0.1) is 0 Å². The predicted octanol–water partition coefficient (Wildman–Crippen LogP) is 4.05. The number of fused-ring (bicyclic) bond motifs is 1. The van der Waals surface area contributed by atoms with Gasteiger partial charge in [-0.15, -0.1) is 11.3 Å². The van der Waals surface area contributed by atoms with Gasteiger partial charge in [0.25, 0.3) is 5.91 Å². The highest BCUT2D eigenvalue weighted by atomic mass is 32.1. The second-order valence-electron chi connectivity index (χ2n) is 8.20. The molecule has 0 bridgehead atoms. The molecule has 0 fully saturated rings. The number of hydrogen-bond donors (Lipinski definition) is 0. The Morgan fingerprint density at radius 3 is 2.51 bits per heavy atom. The maximum Gasteiger partial charge on any atom is 0.254 e. The average Bonchev–Trinajstić information content (AvgIpc) is 3.39. The summed E-state index contributed by atoms with van der Waals surface area (Å²) >= 11 is 1.70. The topological polar surface area (TPSA) is 68.3 Å². The molecule has 0 saturated heterocycles. The van der Waals surface area contributed by atoms with Gasteiger partial charge in [0, 0.05) is 30.6 Å². The summed E-state index contributed by atoms with van der Waals surface area (Å²) < 4.78 is 16.8. The van der Waals surface area contributed by atoms with Crippen molar-refractivity contribution in [2.24, 2.45) is 0 Å². The molecule has 3 aromatic rings. The Kier molecular flexibility index (Phi) is 8.39. The molecule has 0 aliphatic carbocycles. The number of methoxy groups -OCH3 is 2. The monoisotopic (exact) mass is 494 g/mol. The standard InChI is InChI=1S/C27H30N2O5S/c1-32-16-15-28(27(31)20-8-4-3-5-9-20)18-26(30)29-14-12-25-21(13-17-35-25)22(29)19-34-24-11-7-6-10-23(24)33-2/h3-11,13,17,22H,12,14-16,18-19H2,1-2H3. The lowest BCUT2D eigenvalue weighted by atomic mass is 10.0. The molecule has 0 N–H and O–H groups in total. The molecule has 1 aliphatic rings. The third-order valence-electron chi connectivity index (χ3n) is 6.08. The lowest BCUT2D eigenvalue weighted by molar-refractivity contribution is -0.135. The maximum atomic E-state index is 13.6. The highest BCUT2D eigenvalue weighted by Gasteiger charge is 2.33. The van der Waals surface area contributed by atoms with E-state index in [2.05, 4.69) is 11.4 Å². The van der Waals surface area contributed by atoms with Gasteiger partial charge in [0.05, 0.1) is 19.8 Å². The van der Waals surface area contributed by atoms with Crippen LogP contribution < -0.4 is 9.47 Å². The molecule has 184 valence electrons. The number of benzene rings is 2. The normalized spacial score (nSPS) is 14.8. The van der Waals surface area contributed by atoms with E-state index in [0.29, 0.717) is 43.4 Å². The van der Waals surface area contributed by atoms with Crippen molar-refractivity contribution in [3.05, 3.63) is 82.0 Å². The summed E-state index contributed by atoms with van der Waals surface area (Å²) in [5.74, 6) is 0.971. The van der Waals surface area contributed by atoms with Gasteiger partial charge in [-0.25, -0.2) is 0 Å². The van der Waals surface area contributed by atoms with Crippen LogP contribution in [0.25, 0.3) is 0 Å². The van der Waals surface area contributed by atoms with Gasteiger partial charge in [0.1, 0.15) is 13.2 Å². The van der Waals surface area contributed by atoms with Gasteiger partial charge in [0.2, 0.25) is 5.91 Å². The van der Waals surface area contributed by atoms with Gasteiger partial charge in [-0.2, -0.15) is 0 Å². The zero-order chi connectivity index (χ0) is 24.6. The van der Waals surface area contributed by atoms with Crippen molar-refractivity contribution in [2.75, 3.05) is 47.1 Å². The fourth-order valence-corrected chi connectivity index (χ4v) is 5.18. The first-order valence-corrected chi connectivity index (χ1v) is 12.4. The first kappa shape index (κ1) is 24.8. The van der Waals surface area contributed by atoms with Crippen molar-refractivity contribution in [2.45, 2.75) is 12.5 Å². The smallest absolute Gasteiger partial charge is 0.254 e. The fraction of sp³-hybridized carbons (Fsp3) is 0.333. The molecule has 1 aromatic heterocycles. The van der Waals surface area contributed by atoms with Crippen molar-refractivity contribution in [3.63, 3.8) is 0 Å². The molecule has 4 rings (SSSR count). The minimum atomic E-state index is -0.251. The van der Waals surface area contributed by atoms with Gasteiger partial charge in [0.15, 0.2) is 11.5 Å². The Balaban J connectivity index is 1.53. The minimum absolute atomic E-state index is 0.0261. The van der Waals surface area contributed by atoms with Crippen molar-refractivity contribution in [1.29, 1.82) is 0 Å². The number of amides is 2. The number of thiophene rings is 1. The Morgan fingerprint density at radius 1 is 1.03 bits per heavy atom. The van der Waals surface area contributed by atoms with Crippen molar-refractivity contribution >= 4 is 23.2 Å². The quantitative estimate of drug-likeness (QED) is 0.425. The molecular weight excluding hydrogens is 464 g/mol. The Bertz CT molecular complexity index is 1130. The Hall–Kier alpha value is -3.36. The highest BCUT2D eigenvalue weighted by molar-refractivity contribution is 7.10. The number of carbonyl (C=O) groups excluding carboxylic acids is 2. The number of hydrogen-bond acceptors (Lipinski definition) is 6. The third kappa shape index (κ3) is 5.83. The second-order valence-corrected chi connectivity index (χ2v) is 9.20. The minimum Gasteiger partial charge on any atom is -0.493 e. The average molecular weight is 495 g/mol. The maximum absolute atomic E-state index is 13.6. The van der Waals surface area contributed by atoms with Gasteiger partial charge in [-0.1, -0.05) is 30.3 Å². The molecule has 2 heterocycles. The van der Waals surface area contributed by atoms with Crippen LogP contribution in [0.15, 0.2) is 66.0 Å². The van der Waals surface area contributed by atoms with Gasteiger partial charge in [-0.05, 0) is 47.7 Å². The number of para-hydroxylation sites is 2. The number of rotatable bonds is 10. The van der Waals surface area contributed by atoms with Crippen LogP contribution in [0.5, 0.6) is 11.5 Å². The van der Waals surface area contributed by atoms with Crippen LogP contribution in [0.3, 0.4) is 0 Å². The first-order chi connectivity index (χ1) is 17.1. The van der Waals surface area contributed by atoms with Gasteiger partial charge >= 0.3 is 0 Å². The zero-order valence-corrected chi connectivity index (χ0v) is 20.8. The van der Waals surface area contributed by atoms with E-state index in [1.54, 1.807) is 42.6 Å². The van der Waals surface area contributed by atoms with Crippen LogP contribution >= 0.6 is 11.3 Å². The molecule has 1 atom stereocenters. The van der Waals surface area contributed by atoms with E-state index < -0.39 is 0 Å². The largest absolute Gasteiger partial charge is 0.493 e. The molecule has 0 radical (unpaired) electrons. The van der Waals surface area contributed by atoms with E-state index in [0.717, 1.165) is 12.0 Å².